The number of imidazole rings is 1. The second kappa shape index (κ2) is 5.68. The minimum absolute atomic E-state index is 0.553. The van der Waals surface area contributed by atoms with Gasteiger partial charge in [0.15, 0.2) is 0 Å². The van der Waals surface area contributed by atoms with Crippen LogP contribution in [0.25, 0.3) is 16.9 Å². The van der Waals surface area contributed by atoms with Crippen LogP contribution in [0.4, 0.5) is 0 Å². The number of aryl methyl sites for hydroxylation is 1. The van der Waals surface area contributed by atoms with Crippen LogP contribution < -0.4 is 5.73 Å². The largest absolute Gasteiger partial charge is 0.330 e. The van der Waals surface area contributed by atoms with Gasteiger partial charge < -0.3 is 5.73 Å². The lowest BCUT2D eigenvalue weighted by Gasteiger charge is -2.07. The van der Waals surface area contributed by atoms with Crippen LogP contribution in [0.2, 0.25) is 10.0 Å². The molecule has 0 radical (unpaired) electrons. The summed E-state index contributed by atoms with van der Waals surface area (Å²) in [6.07, 6.45) is 2.60. The first kappa shape index (κ1) is 14.4. The lowest BCUT2D eigenvalue weighted by Crippen LogP contribution is -2.04. The molecule has 108 valence electrons. The normalized spacial score (nSPS) is 11.2. The third-order valence-corrected chi connectivity index (χ3v) is 4.11. The van der Waals surface area contributed by atoms with Crippen molar-refractivity contribution in [1.82, 2.24) is 9.38 Å². The summed E-state index contributed by atoms with van der Waals surface area (Å²) in [5.74, 6) is 0. The molecule has 0 fully saturated rings. The Morgan fingerprint density at radius 2 is 2.00 bits per heavy atom. The van der Waals surface area contributed by atoms with Crippen LogP contribution >= 0.6 is 23.2 Å². The molecule has 1 aromatic carbocycles. The Morgan fingerprint density at radius 1 is 1.19 bits per heavy atom. The van der Waals surface area contributed by atoms with Crippen molar-refractivity contribution in [3.63, 3.8) is 0 Å². The van der Waals surface area contributed by atoms with E-state index >= 15 is 0 Å². The number of pyridine rings is 1. The Balaban J connectivity index is 2.29. The van der Waals surface area contributed by atoms with E-state index in [0.717, 1.165) is 39.6 Å². The SMILES string of the molecule is Cc1cc(-c2c(CCN)nc3ccc(Cl)cn23)ccc1Cl. The van der Waals surface area contributed by atoms with Crippen molar-refractivity contribution in [1.29, 1.82) is 0 Å². The van der Waals surface area contributed by atoms with Crippen LogP contribution in [0.3, 0.4) is 0 Å². The summed E-state index contributed by atoms with van der Waals surface area (Å²) in [4.78, 5) is 4.66. The quantitative estimate of drug-likeness (QED) is 0.789. The predicted octanol–water partition coefficient (Wildman–Crippen LogP) is 4.12. The summed E-state index contributed by atoms with van der Waals surface area (Å²) in [5, 5.41) is 1.43. The molecule has 2 N–H and O–H groups in total. The second-order valence-corrected chi connectivity index (χ2v) is 5.83. The monoisotopic (exact) mass is 319 g/mol. The fourth-order valence-corrected chi connectivity index (χ4v) is 2.75. The Hall–Kier alpha value is -1.55. The molecule has 0 bridgehead atoms. The molecule has 5 heteroatoms. The molecule has 0 aliphatic carbocycles. The van der Waals surface area contributed by atoms with E-state index in [2.05, 4.69) is 11.1 Å². The van der Waals surface area contributed by atoms with Crippen molar-refractivity contribution >= 4 is 28.8 Å². The van der Waals surface area contributed by atoms with Crippen LogP contribution in [-0.4, -0.2) is 15.9 Å². The molecule has 0 saturated carbocycles. The van der Waals surface area contributed by atoms with Crippen molar-refractivity contribution in [2.45, 2.75) is 13.3 Å². The molecule has 21 heavy (non-hydrogen) atoms. The van der Waals surface area contributed by atoms with Gasteiger partial charge in [0.1, 0.15) is 5.65 Å². The van der Waals surface area contributed by atoms with Crippen LogP contribution in [0.15, 0.2) is 36.5 Å². The van der Waals surface area contributed by atoms with E-state index < -0.39 is 0 Å². The fourth-order valence-electron chi connectivity index (χ4n) is 2.48. The van der Waals surface area contributed by atoms with E-state index in [1.165, 1.54) is 0 Å². The summed E-state index contributed by atoms with van der Waals surface area (Å²) in [5.41, 5.74) is 10.7. The van der Waals surface area contributed by atoms with Crippen LogP contribution in [0, 0.1) is 6.92 Å². The summed E-state index contributed by atoms with van der Waals surface area (Å²) < 4.78 is 2.01. The number of nitrogens with two attached hydrogens (primary N) is 1. The number of rotatable bonds is 3. The van der Waals surface area contributed by atoms with Crippen molar-refractivity contribution in [3.05, 3.63) is 57.8 Å². The smallest absolute Gasteiger partial charge is 0.137 e. The molecule has 3 nitrogen and oxygen atoms in total. The van der Waals surface area contributed by atoms with E-state index in [-0.39, 0.29) is 0 Å². The third kappa shape index (κ3) is 2.64. The van der Waals surface area contributed by atoms with Crippen molar-refractivity contribution < 1.29 is 0 Å². The molecule has 0 aliphatic heterocycles. The topological polar surface area (TPSA) is 43.3 Å². The zero-order valence-electron chi connectivity index (χ0n) is 11.6. The Bertz CT molecular complexity index is 809. The lowest BCUT2D eigenvalue weighted by molar-refractivity contribution is 0.939. The van der Waals surface area contributed by atoms with E-state index in [0.29, 0.717) is 11.6 Å². The zero-order chi connectivity index (χ0) is 15.0. The van der Waals surface area contributed by atoms with Gasteiger partial charge in [0.2, 0.25) is 0 Å². The standard InChI is InChI=1S/C16H15Cl2N3/c1-10-8-11(2-4-13(10)18)16-14(6-7-19)20-15-5-3-12(17)9-21(15)16/h2-5,8-9H,6-7,19H2,1H3. The summed E-state index contributed by atoms with van der Waals surface area (Å²) in [6, 6.07) is 9.72. The molecule has 3 aromatic rings. The summed E-state index contributed by atoms with van der Waals surface area (Å²) >= 11 is 12.2. The maximum Gasteiger partial charge on any atom is 0.137 e. The summed E-state index contributed by atoms with van der Waals surface area (Å²) in [6.45, 7) is 2.54. The maximum absolute atomic E-state index is 6.13. The van der Waals surface area contributed by atoms with Crippen LogP contribution in [0.5, 0.6) is 0 Å². The highest BCUT2D eigenvalue weighted by molar-refractivity contribution is 6.31. The molecule has 2 aromatic heterocycles. The number of fused-ring (bicyclic) bond motifs is 1. The number of halogens is 2. The molecule has 0 spiro atoms. The van der Waals surface area contributed by atoms with Gasteiger partial charge in [0.25, 0.3) is 0 Å². The Kier molecular flexibility index (Phi) is 3.89. The lowest BCUT2D eigenvalue weighted by atomic mass is 10.1. The Morgan fingerprint density at radius 3 is 2.71 bits per heavy atom. The number of hydrogen-bond acceptors (Lipinski definition) is 2. The highest BCUT2D eigenvalue weighted by atomic mass is 35.5. The van der Waals surface area contributed by atoms with Crippen molar-refractivity contribution in [2.24, 2.45) is 5.73 Å². The molecule has 0 amide bonds. The molecule has 2 heterocycles. The molecular formula is C16H15Cl2N3. The number of benzene rings is 1. The van der Waals surface area contributed by atoms with E-state index in [4.69, 9.17) is 28.9 Å². The van der Waals surface area contributed by atoms with Gasteiger partial charge in [-0.05, 0) is 43.3 Å². The zero-order valence-corrected chi connectivity index (χ0v) is 13.1. The molecule has 3 rings (SSSR count). The average molecular weight is 320 g/mol. The van der Waals surface area contributed by atoms with Crippen LogP contribution in [0.1, 0.15) is 11.3 Å². The van der Waals surface area contributed by atoms with E-state index in [9.17, 15) is 0 Å². The first-order valence-corrected chi connectivity index (χ1v) is 7.49. The van der Waals surface area contributed by atoms with Crippen molar-refractivity contribution in [3.8, 4) is 11.3 Å². The van der Waals surface area contributed by atoms with Gasteiger partial charge in [-0.1, -0.05) is 29.3 Å². The number of nitrogens with zero attached hydrogens (tertiary/aromatic N) is 2. The van der Waals surface area contributed by atoms with Gasteiger partial charge >= 0.3 is 0 Å². The molecule has 0 atom stereocenters. The molecule has 0 saturated heterocycles. The number of aromatic nitrogens is 2. The van der Waals surface area contributed by atoms with Crippen LogP contribution in [-0.2, 0) is 6.42 Å². The molecular weight excluding hydrogens is 305 g/mol. The van der Waals surface area contributed by atoms with Gasteiger partial charge in [-0.25, -0.2) is 4.98 Å². The van der Waals surface area contributed by atoms with Gasteiger partial charge in [-0.2, -0.15) is 0 Å². The molecule has 0 unspecified atom stereocenters. The average Bonchev–Trinajstić information content (AvgIpc) is 2.80. The maximum atomic E-state index is 6.13. The first-order chi connectivity index (χ1) is 10.1. The van der Waals surface area contributed by atoms with E-state index in [1.54, 1.807) is 0 Å². The van der Waals surface area contributed by atoms with Gasteiger partial charge in [0.05, 0.1) is 16.4 Å². The second-order valence-electron chi connectivity index (χ2n) is 4.99. The van der Waals surface area contributed by atoms with E-state index in [1.807, 2.05) is 41.8 Å². The minimum Gasteiger partial charge on any atom is -0.330 e. The molecule has 0 aliphatic rings. The van der Waals surface area contributed by atoms with Crippen molar-refractivity contribution in [2.75, 3.05) is 6.54 Å². The minimum atomic E-state index is 0.553. The fraction of sp³-hybridized carbons (Fsp3) is 0.188. The van der Waals surface area contributed by atoms with Gasteiger partial charge in [-0.15, -0.1) is 0 Å². The van der Waals surface area contributed by atoms with Gasteiger partial charge in [0, 0.05) is 23.2 Å². The summed E-state index contributed by atoms with van der Waals surface area (Å²) in [7, 11) is 0. The first-order valence-electron chi connectivity index (χ1n) is 6.73. The highest BCUT2D eigenvalue weighted by Gasteiger charge is 2.14. The van der Waals surface area contributed by atoms with Gasteiger partial charge in [-0.3, -0.25) is 4.40 Å². The Labute approximate surface area is 133 Å². The predicted molar refractivity (Wildman–Crippen MR) is 88.1 cm³/mol. The third-order valence-electron chi connectivity index (χ3n) is 3.47. The highest BCUT2D eigenvalue weighted by Crippen LogP contribution is 2.29. The number of hydrogen-bond donors (Lipinski definition) is 1.